The van der Waals surface area contributed by atoms with E-state index in [0.717, 1.165) is 25.8 Å². The van der Waals surface area contributed by atoms with E-state index in [4.69, 9.17) is 16.3 Å². The molecule has 0 aromatic carbocycles. The van der Waals surface area contributed by atoms with Gasteiger partial charge in [0.15, 0.2) is 5.15 Å². The molecule has 2 fully saturated rings. The monoisotopic (exact) mass is 353 g/mol. The van der Waals surface area contributed by atoms with E-state index in [1.54, 1.807) is 11.8 Å². The Balaban J connectivity index is 1.70. The summed E-state index contributed by atoms with van der Waals surface area (Å²) >= 11 is 5.88. The molecule has 2 heterocycles. The van der Waals surface area contributed by atoms with Crippen molar-refractivity contribution in [3.63, 3.8) is 0 Å². The highest BCUT2D eigenvalue weighted by molar-refractivity contribution is 6.29. The lowest BCUT2D eigenvalue weighted by molar-refractivity contribution is 0.0156. The highest BCUT2D eigenvalue weighted by Crippen LogP contribution is 2.54. The number of piperidine rings is 1. The second-order valence-corrected chi connectivity index (χ2v) is 8.11. The largest absolute Gasteiger partial charge is 0.444 e. The molecule has 24 heavy (non-hydrogen) atoms. The third-order valence-electron chi connectivity index (χ3n) is 4.67. The van der Waals surface area contributed by atoms with Crippen molar-refractivity contribution in [3.8, 4) is 0 Å². The lowest BCUT2D eigenvalue weighted by Gasteiger charge is -2.39. The molecule has 1 atom stereocenters. The fraction of sp³-hybridized carbons (Fsp3) is 0.750. The lowest BCUT2D eigenvalue weighted by Crippen LogP contribution is -2.52. The number of nitrogens with zero attached hydrogens (tertiary/aromatic N) is 4. The molecule has 1 N–H and O–H groups in total. The van der Waals surface area contributed by atoms with Crippen LogP contribution in [0.2, 0.25) is 5.15 Å². The van der Waals surface area contributed by atoms with Gasteiger partial charge in [0.2, 0.25) is 5.95 Å². The van der Waals surface area contributed by atoms with Crippen LogP contribution < -0.4 is 5.32 Å². The van der Waals surface area contributed by atoms with Gasteiger partial charge in [-0.1, -0.05) is 11.6 Å². The highest BCUT2D eigenvalue weighted by atomic mass is 35.5. The van der Waals surface area contributed by atoms with Crippen LogP contribution in [0.4, 0.5) is 10.7 Å². The number of ether oxygens (including phenoxy) is 1. The maximum absolute atomic E-state index is 12.4. The summed E-state index contributed by atoms with van der Waals surface area (Å²) in [6.45, 7) is 8.74. The quantitative estimate of drug-likeness (QED) is 0.880. The first-order valence-electron chi connectivity index (χ1n) is 8.30. The number of nitrogens with one attached hydrogen (secondary N) is 1. The van der Waals surface area contributed by atoms with E-state index >= 15 is 0 Å². The van der Waals surface area contributed by atoms with Crippen LogP contribution in [0.1, 0.15) is 45.7 Å². The van der Waals surface area contributed by atoms with Gasteiger partial charge in [-0.3, -0.25) is 0 Å². The molecule has 132 valence electrons. The van der Waals surface area contributed by atoms with Gasteiger partial charge in [0, 0.05) is 13.1 Å². The van der Waals surface area contributed by atoms with Crippen molar-refractivity contribution in [2.24, 2.45) is 5.41 Å². The summed E-state index contributed by atoms with van der Waals surface area (Å²) in [4.78, 5) is 18.5. The first-order valence-corrected chi connectivity index (χ1v) is 8.68. The summed E-state index contributed by atoms with van der Waals surface area (Å²) < 4.78 is 5.50. The SMILES string of the molecule is Cc1nc(NC2CN(C(=O)OC(C)(C)C)CCC23CC3)nnc1Cl. The van der Waals surface area contributed by atoms with Crippen molar-refractivity contribution < 1.29 is 9.53 Å². The zero-order chi connectivity index (χ0) is 17.5. The molecule has 1 aliphatic heterocycles. The number of aryl methyl sites for hydroxylation is 1. The Kier molecular flexibility index (Phi) is 4.32. The van der Waals surface area contributed by atoms with Crippen LogP contribution >= 0.6 is 11.6 Å². The summed E-state index contributed by atoms with van der Waals surface area (Å²) in [5.74, 6) is 0.458. The Morgan fingerprint density at radius 2 is 2.04 bits per heavy atom. The minimum atomic E-state index is -0.491. The van der Waals surface area contributed by atoms with Gasteiger partial charge in [0.25, 0.3) is 0 Å². The van der Waals surface area contributed by atoms with Gasteiger partial charge in [-0.2, -0.15) is 0 Å². The molecule has 1 unspecified atom stereocenters. The van der Waals surface area contributed by atoms with E-state index in [2.05, 4.69) is 20.5 Å². The summed E-state index contributed by atoms with van der Waals surface area (Å²) in [7, 11) is 0. The number of likely N-dealkylation sites (tertiary alicyclic amines) is 1. The molecule has 1 aromatic heterocycles. The maximum Gasteiger partial charge on any atom is 0.410 e. The average molecular weight is 354 g/mol. The van der Waals surface area contributed by atoms with E-state index in [-0.39, 0.29) is 17.6 Å². The molecule has 0 bridgehead atoms. The molecule has 1 saturated heterocycles. The van der Waals surface area contributed by atoms with Crippen molar-refractivity contribution in [3.05, 3.63) is 10.8 Å². The minimum Gasteiger partial charge on any atom is -0.444 e. The minimum absolute atomic E-state index is 0.0983. The number of rotatable bonds is 2. The molecule has 7 nitrogen and oxygen atoms in total. The van der Waals surface area contributed by atoms with Gasteiger partial charge >= 0.3 is 6.09 Å². The molecule has 3 rings (SSSR count). The molecule has 1 spiro atoms. The normalized spacial score (nSPS) is 22.4. The molecule has 1 amide bonds. The molecule has 1 aliphatic carbocycles. The van der Waals surface area contributed by atoms with Crippen molar-refractivity contribution >= 4 is 23.6 Å². The molecular formula is C16H24ClN5O2. The Bertz CT molecular complexity index is 642. The van der Waals surface area contributed by atoms with Crippen molar-refractivity contribution in [1.82, 2.24) is 20.1 Å². The lowest BCUT2D eigenvalue weighted by atomic mass is 9.88. The fourth-order valence-corrected chi connectivity index (χ4v) is 3.18. The van der Waals surface area contributed by atoms with Gasteiger partial charge in [-0.15, -0.1) is 10.2 Å². The van der Waals surface area contributed by atoms with Gasteiger partial charge in [0.1, 0.15) is 5.60 Å². The Morgan fingerprint density at radius 1 is 1.33 bits per heavy atom. The van der Waals surface area contributed by atoms with Crippen molar-refractivity contribution in [2.45, 2.75) is 58.6 Å². The number of amides is 1. The smallest absolute Gasteiger partial charge is 0.410 e. The van der Waals surface area contributed by atoms with Crippen molar-refractivity contribution in [1.29, 1.82) is 0 Å². The zero-order valence-corrected chi connectivity index (χ0v) is 15.4. The number of hydrogen-bond acceptors (Lipinski definition) is 6. The third-order valence-corrected chi connectivity index (χ3v) is 5.02. The Hall–Kier alpha value is -1.63. The average Bonchev–Trinajstić information content (AvgIpc) is 3.24. The Morgan fingerprint density at radius 3 is 2.62 bits per heavy atom. The fourth-order valence-electron chi connectivity index (χ4n) is 3.10. The predicted molar refractivity (Wildman–Crippen MR) is 91.1 cm³/mol. The van der Waals surface area contributed by atoms with Gasteiger partial charge in [-0.05, 0) is 52.4 Å². The van der Waals surface area contributed by atoms with Crippen molar-refractivity contribution in [2.75, 3.05) is 18.4 Å². The van der Waals surface area contributed by atoms with Crippen LogP contribution in [-0.2, 0) is 4.74 Å². The van der Waals surface area contributed by atoms with Crippen LogP contribution in [0.3, 0.4) is 0 Å². The number of anilines is 1. The molecule has 1 aromatic rings. The van der Waals surface area contributed by atoms with E-state index in [1.807, 2.05) is 20.8 Å². The first kappa shape index (κ1) is 17.2. The first-order chi connectivity index (χ1) is 11.2. The summed E-state index contributed by atoms with van der Waals surface area (Å²) in [6, 6.07) is 0.0983. The van der Waals surface area contributed by atoms with Crippen LogP contribution in [0.15, 0.2) is 0 Å². The number of halogens is 1. The second kappa shape index (κ2) is 6.02. The highest BCUT2D eigenvalue weighted by Gasteiger charge is 2.53. The second-order valence-electron chi connectivity index (χ2n) is 7.75. The standard InChI is InChI=1S/C16H24ClN5O2/c1-10-12(17)20-21-13(18-10)19-11-9-22(8-7-16(11)5-6-16)14(23)24-15(2,3)4/h11H,5-9H2,1-4H3,(H,18,19,21). The summed E-state index contributed by atoms with van der Waals surface area (Å²) in [5.41, 5.74) is 0.378. The predicted octanol–water partition coefficient (Wildman–Crippen LogP) is 3.03. The van der Waals surface area contributed by atoms with Crippen LogP contribution in [-0.4, -0.2) is 50.9 Å². The van der Waals surface area contributed by atoms with E-state index in [0.29, 0.717) is 23.3 Å². The van der Waals surface area contributed by atoms with E-state index < -0.39 is 5.60 Å². The molecular weight excluding hydrogens is 330 g/mol. The molecule has 1 saturated carbocycles. The molecule has 8 heteroatoms. The van der Waals surface area contributed by atoms with E-state index in [1.165, 1.54) is 0 Å². The topological polar surface area (TPSA) is 80.2 Å². The molecule has 0 radical (unpaired) electrons. The zero-order valence-electron chi connectivity index (χ0n) is 14.6. The van der Waals surface area contributed by atoms with Gasteiger partial charge in [0.05, 0.1) is 11.7 Å². The third kappa shape index (κ3) is 3.71. The maximum atomic E-state index is 12.4. The van der Waals surface area contributed by atoms with Crippen LogP contribution in [0.5, 0.6) is 0 Å². The number of aromatic nitrogens is 3. The summed E-state index contributed by atoms with van der Waals surface area (Å²) in [5, 5.41) is 11.6. The Labute approximate surface area is 147 Å². The number of carbonyl (C=O) groups is 1. The number of hydrogen-bond donors (Lipinski definition) is 1. The van der Waals surface area contributed by atoms with E-state index in [9.17, 15) is 4.79 Å². The molecule has 2 aliphatic rings. The summed E-state index contributed by atoms with van der Waals surface area (Å²) in [6.07, 6.45) is 3.01. The van der Waals surface area contributed by atoms with Gasteiger partial charge < -0.3 is 15.0 Å². The number of carbonyl (C=O) groups excluding carboxylic acids is 1. The van der Waals surface area contributed by atoms with Gasteiger partial charge in [-0.25, -0.2) is 9.78 Å². The van der Waals surface area contributed by atoms with Crippen LogP contribution in [0.25, 0.3) is 0 Å². The van der Waals surface area contributed by atoms with Crippen LogP contribution in [0, 0.1) is 12.3 Å².